The standard InChI is InChI=1S/C19H32NO2S/c1-2-3-4-5-6-7-8-9-10-14-17-23(21,22)20-18-19-15-12-11-13-16-19/h11-13,15-16H,2-10,14,17-18H2,1H3. The monoisotopic (exact) mass is 338 g/mol. The summed E-state index contributed by atoms with van der Waals surface area (Å²) in [6, 6.07) is 9.53. The third-order valence-corrected chi connectivity index (χ3v) is 5.37. The third kappa shape index (κ3) is 11.3. The highest BCUT2D eigenvalue weighted by Crippen LogP contribution is 2.11. The van der Waals surface area contributed by atoms with Gasteiger partial charge in [-0.1, -0.05) is 95.0 Å². The van der Waals surface area contributed by atoms with Gasteiger partial charge in [0.1, 0.15) is 0 Å². The second-order valence-corrected chi connectivity index (χ2v) is 8.07. The Hall–Kier alpha value is -0.870. The lowest BCUT2D eigenvalue weighted by Gasteiger charge is -2.05. The third-order valence-electron chi connectivity index (χ3n) is 4.04. The van der Waals surface area contributed by atoms with E-state index >= 15 is 0 Å². The first kappa shape index (κ1) is 20.2. The average Bonchev–Trinajstić information content (AvgIpc) is 2.56. The average molecular weight is 339 g/mol. The van der Waals surface area contributed by atoms with Crippen molar-refractivity contribution < 1.29 is 8.42 Å². The van der Waals surface area contributed by atoms with E-state index in [0.29, 0.717) is 0 Å². The number of hydrogen-bond acceptors (Lipinski definition) is 2. The van der Waals surface area contributed by atoms with Crippen LogP contribution in [0.25, 0.3) is 0 Å². The number of benzene rings is 1. The highest BCUT2D eigenvalue weighted by molar-refractivity contribution is 7.89. The van der Waals surface area contributed by atoms with Crippen molar-refractivity contribution in [1.29, 1.82) is 0 Å². The van der Waals surface area contributed by atoms with Gasteiger partial charge in [-0.25, -0.2) is 8.42 Å². The van der Waals surface area contributed by atoms with Gasteiger partial charge >= 0.3 is 0 Å². The summed E-state index contributed by atoms with van der Waals surface area (Å²) in [7, 11) is -3.26. The van der Waals surface area contributed by atoms with Crippen LogP contribution >= 0.6 is 0 Å². The zero-order valence-corrected chi connectivity index (χ0v) is 15.4. The van der Waals surface area contributed by atoms with Gasteiger partial charge in [-0.15, -0.1) is 4.72 Å². The summed E-state index contributed by atoms with van der Waals surface area (Å²) < 4.78 is 27.6. The zero-order valence-electron chi connectivity index (χ0n) is 14.5. The molecule has 0 aromatic heterocycles. The van der Waals surface area contributed by atoms with Crippen LogP contribution in [-0.2, 0) is 16.6 Å². The van der Waals surface area contributed by atoms with Gasteiger partial charge in [-0.3, -0.25) is 0 Å². The van der Waals surface area contributed by atoms with E-state index in [1.165, 1.54) is 44.9 Å². The Labute approximate surface area is 142 Å². The molecule has 0 N–H and O–H groups in total. The first-order valence-corrected chi connectivity index (χ1v) is 10.7. The van der Waals surface area contributed by atoms with Crippen molar-refractivity contribution in [3.05, 3.63) is 35.9 Å². The molecule has 4 heteroatoms. The summed E-state index contributed by atoms with van der Waals surface area (Å²) in [5.74, 6) is 0.191. The Bertz CT molecular complexity index is 485. The highest BCUT2D eigenvalue weighted by Gasteiger charge is 2.11. The summed E-state index contributed by atoms with van der Waals surface area (Å²) in [6.07, 6.45) is 12.1. The topological polar surface area (TPSA) is 48.2 Å². The minimum atomic E-state index is -3.26. The van der Waals surface area contributed by atoms with Crippen molar-refractivity contribution in [2.24, 2.45) is 0 Å². The summed E-state index contributed by atoms with van der Waals surface area (Å²) in [5.41, 5.74) is 0.944. The van der Waals surface area contributed by atoms with Crippen molar-refractivity contribution in [3.8, 4) is 0 Å². The first-order chi connectivity index (χ1) is 11.1. The maximum absolute atomic E-state index is 11.9. The minimum Gasteiger partial charge on any atom is -0.211 e. The highest BCUT2D eigenvalue weighted by atomic mass is 32.2. The fourth-order valence-corrected chi connectivity index (χ4v) is 3.64. The fraction of sp³-hybridized carbons (Fsp3) is 0.684. The van der Waals surface area contributed by atoms with Gasteiger partial charge in [0.15, 0.2) is 0 Å². The molecule has 1 rings (SSSR count). The van der Waals surface area contributed by atoms with Gasteiger partial charge in [0, 0.05) is 0 Å². The number of unbranched alkanes of at least 4 members (excludes halogenated alkanes) is 9. The molecule has 0 unspecified atom stereocenters. The van der Waals surface area contributed by atoms with Crippen LogP contribution in [0.5, 0.6) is 0 Å². The van der Waals surface area contributed by atoms with Crippen molar-refractivity contribution >= 4 is 10.0 Å². The Morgan fingerprint density at radius 3 is 1.87 bits per heavy atom. The second-order valence-electron chi connectivity index (χ2n) is 6.24. The summed E-state index contributed by atoms with van der Waals surface area (Å²) in [4.78, 5) is 0. The van der Waals surface area contributed by atoms with Crippen LogP contribution in [0.3, 0.4) is 0 Å². The molecule has 23 heavy (non-hydrogen) atoms. The molecule has 0 heterocycles. The first-order valence-electron chi connectivity index (χ1n) is 9.09. The number of nitrogens with zero attached hydrogens (tertiary/aromatic N) is 1. The predicted molar refractivity (Wildman–Crippen MR) is 97.9 cm³/mol. The van der Waals surface area contributed by atoms with E-state index in [1.807, 2.05) is 30.3 Å². The van der Waals surface area contributed by atoms with Gasteiger partial charge in [0.25, 0.3) is 0 Å². The Morgan fingerprint density at radius 2 is 1.30 bits per heavy atom. The lowest BCUT2D eigenvalue weighted by atomic mass is 10.1. The molecule has 1 aromatic rings. The Balaban J connectivity index is 1.99. The summed E-state index contributed by atoms with van der Waals surface area (Å²) >= 11 is 0. The summed E-state index contributed by atoms with van der Waals surface area (Å²) in [6.45, 7) is 2.50. The van der Waals surface area contributed by atoms with Gasteiger partial charge in [0.05, 0.1) is 12.3 Å². The molecule has 0 atom stereocenters. The molecule has 0 bridgehead atoms. The van der Waals surface area contributed by atoms with Gasteiger partial charge in [-0.2, -0.15) is 0 Å². The van der Waals surface area contributed by atoms with Crippen LogP contribution in [0, 0.1) is 0 Å². The molecule has 3 nitrogen and oxygen atoms in total. The van der Waals surface area contributed by atoms with Crippen molar-refractivity contribution in [2.75, 3.05) is 5.75 Å². The van der Waals surface area contributed by atoms with E-state index in [9.17, 15) is 8.42 Å². The minimum absolute atomic E-state index is 0.191. The largest absolute Gasteiger partial charge is 0.228 e. The second kappa shape index (κ2) is 12.5. The maximum atomic E-state index is 11.9. The quantitative estimate of drug-likeness (QED) is 0.446. The van der Waals surface area contributed by atoms with Crippen molar-refractivity contribution in [2.45, 2.75) is 77.7 Å². The molecule has 0 saturated heterocycles. The van der Waals surface area contributed by atoms with E-state index in [4.69, 9.17) is 0 Å². The van der Waals surface area contributed by atoms with E-state index in [1.54, 1.807) is 0 Å². The van der Waals surface area contributed by atoms with Crippen LogP contribution in [0.1, 0.15) is 76.7 Å². The van der Waals surface area contributed by atoms with E-state index < -0.39 is 10.0 Å². The van der Waals surface area contributed by atoms with E-state index in [-0.39, 0.29) is 12.3 Å². The number of sulfonamides is 1. The molecule has 0 fully saturated rings. The molecular weight excluding hydrogens is 306 g/mol. The lowest BCUT2D eigenvalue weighted by molar-refractivity contribution is 0.554. The number of rotatable bonds is 14. The Morgan fingerprint density at radius 1 is 0.783 bits per heavy atom. The molecule has 0 saturated carbocycles. The van der Waals surface area contributed by atoms with Crippen LogP contribution in [0.4, 0.5) is 0 Å². The smallest absolute Gasteiger partial charge is 0.211 e. The lowest BCUT2D eigenvalue weighted by Crippen LogP contribution is -2.19. The molecule has 0 spiro atoms. The maximum Gasteiger partial charge on any atom is 0.228 e. The van der Waals surface area contributed by atoms with E-state index in [0.717, 1.165) is 24.8 Å². The van der Waals surface area contributed by atoms with Crippen molar-refractivity contribution in [3.63, 3.8) is 0 Å². The SMILES string of the molecule is CCCCCCCCCCCCS(=O)(=O)[N]Cc1ccccc1. The van der Waals surface area contributed by atoms with Crippen LogP contribution in [0.2, 0.25) is 0 Å². The molecular formula is C19H32NO2S. The molecule has 0 amide bonds. The molecule has 0 aliphatic rings. The molecule has 131 valence electrons. The molecule has 1 radical (unpaired) electrons. The molecule has 1 aromatic carbocycles. The van der Waals surface area contributed by atoms with Crippen molar-refractivity contribution in [1.82, 2.24) is 4.72 Å². The van der Waals surface area contributed by atoms with Gasteiger partial charge in [-0.05, 0) is 12.0 Å². The van der Waals surface area contributed by atoms with Gasteiger partial charge < -0.3 is 0 Å². The fourth-order valence-electron chi connectivity index (χ4n) is 2.59. The van der Waals surface area contributed by atoms with Gasteiger partial charge in [0.2, 0.25) is 10.0 Å². The molecule has 0 aliphatic carbocycles. The van der Waals surface area contributed by atoms with Crippen LogP contribution < -0.4 is 4.72 Å². The Kier molecular flexibility index (Phi) is 11.0. The van der Waals surface area contributed by atoms with Crippen LogP contribution in [0.15, 0.2) is 30.3 Å². The predicted octanol–water partition coefficient (Wildman–Crippen LogP) is 5.04. The molecule has 0 aliphatic heterocycles. The number of hydrogen-bond donors (Lipinski definition) is 0. The summed E-state index contributed by atoms with van der Waals surface area (Å²) in [5, 5.41) is 0. The van der Waals surface area contributed by atoms with Crippen LogP contribution in [-0.4, -0.2) is 14.2 Å². The zero-order chi connectivity index (χ0) is 16.8. The van der Waals surface area contributed by atoms with E-state index in [2.05, 4.69) is 11.6 Å². The normalized spacial score (nSPS) is 11.7.